The van der Waals surface area contributed by atoms with Crippen LogP contribution in [0.2, 0.25) is 0 Å². The van der Waals surface area contributed by atoms with E-state index >= 15 is 0 Å². The van der Waals surface area contributed by atoms with E-state index in [9.17, 15) is 30.8 Å². The number of carboxylic acid groups (broad SMARTS) is 1. The molecule has 4 rings (SSSR count). The standard InChI is InChI=1S/C22H15F4N3O4S/c1-28(21(30)31)34(32,33)17-8-5-13(6-9-17)19-18-10-7-15(22(24,25)26)12-29(18)27-20(19)14-3-2-4-16(23)11-14/h2-12H,1H3,(H,30,31). The summed E-state index contributed by atoms with van der Waals surface area (Å²) in [6, 6.07) is 12.6. The van der Waals surface area contributed by atoms with Gasteiger partial charge in [-0.05, 0) is 42.0 Å². The lowest BCUT2D eigenvalue weighted by Crippen LogP contribution is -2.31. The van der Waals surface area contributed by atoms with Crippen molar-refractivity contribution in [3.8, 4) is 22.4 Å². The maximum Gasteiger partial charge on any atom is 0.421 e. The van der Waals surface area contributed by atoms with Crippen LogP contribution >= 0.6 is 0 Å². The van der Waals surface area contributed by atoms with Crippen molar-refractivity contribution in [1.29, 1.82) is 0 Å². The van der Waals surface area contributed by atoms with Crippen LogP contribution in [0.1, 0.15) is 5.56 Å². The van der Waals surface area contributed by atoms with E-state index in [0.29, 0.717) is 16.7 Å². The molecule has 1 N–H and O–H groups in total. The van der Waals surface area contributed by atoms with E-state index in [2.05, 4.69) is 5.10 Å². The van der Waals surface area contributed by atoms with Crippen molar-refractivity contribution in [1.82, 2.24) is 13.9 Å². The number of carbonyl (C=O) groups is 1. The molecule has 34 heavy (non-hydrogen) atoms. The van der Waals surface area contributed by atoms with Crippen LogP contribution in [0, 0.1) is 5.82 Å². The van der Waals surface area contributed by atoms with Gasteiger partial charge in [-0.3, -0.25) is 0 Å². The second-order valence-electron chi connectivity index (χ2n) is 7.26. The number of benzene rings is 2. The van der Waals surface area contributed by atoms with Crippen molar-refractivity contribution in [3.05, 3.63) is 78.2 Å². The SMILES string of the molecule is CN(C(=O)O)S(=O)(=O)c1ccc(-c2c(-c3cccc(F)c3)nn3cc(C(F)(F)F)ccc23)cc1. The summed E-state index contributed by atoms with van der Waals surface area (Å²) in [5.74, 6) is -0.574. The van der Waals surface area contributed by atoms with E-state index in [4.69, 9.17) is 5.11 Å². The van der Waals surface area contributed by atoms with Crippen LogP contribution in [-0.4, -0.2) is 40.6 Å². The van der Waals surface area contributed by atoms with E-state index in [-0.39, 0.29) is 20.4 Å². The van der Waals surface area contributed by atoms with Gasteiger partial charge >= 0.3 is 12.3 Å². The fraction of sp³-hybridized carbons (Fsp3) is 0.0909. The zero-order valence-electron chi connectivity index (χ0n) is 17.3. The predicted octanol–water partition coefficient (Wildman–Crippen LogP) is 5.12. The molecule has 12 heteroatoms. The van der Waals surface area contributed by atoms with Crippen LogP contribution in [0.3, 0.4) is 0 Å². The Morgan fingerprint density at radius 3 is 2.29 bits per heavy atom. The maximum absolute atomic E-state index is 13.9. The van der Waals surface area contributed by atoms with Gasteiger partial charge in [0.2, 0.25) is 0 Å². The van der Waals surface area contributed by atoms with Crippen LogP contribution in [0.15, 0.2) is 71.8 Å². The lowest BCUT2D eigenvalue weighted by atomic mass is 9.99. The summed E-state index contributed by atoms with van der Waals surface area (Å²) in [6.45, 7) is 0. The minimum Gasteiger partial charge on any atom is -0.464 e. The van der Waals surface area contributed by atoms with Crippen LogP contribution in [0.5, 0.6) is 0 Å². The predicted molar refractivity (Wildman–Crippen MR) is 114 cm³/mol. The number of sulfonamides is 1. The average molecular weight is 493 g/mol. The Morgan fingerprint density at radius 2 is 1.71 bits per heavy atom. The van der Waals surface area contributed by atoms with E-state index in [1.807, 2.05) is 0 Å². The molecule has 2 heterocycles. The van der Waals surface area contributed by atoms with Crippen molar-refractivity contribution in [2.24, 2.45) is 0 Å². The summed E-state index contributed by atoms with van der Waals surface area (Å²) in [7, 11) is -3.43. The molecule has 0 aliphatic carbocycles. The zero-order chi connectivity index (χ0) is 24.8. The monoisotopic (exact) mass is 493 g/mol. The second-order valence-corrected chi connectivity index (χ2v) is 9.23. The summed E-state index contributed by atoms with van der Waals surface area (Å²) in [5, 5.41) is 13.2. The molecule has 0 aliphatic heterocycles. The highest BCUT2D eigenvalue weighted by molar-refractivity contribution is 7.89. The molecular formula is C22H15F4N3O4S. The van der Waals surface area contributed by atoms with Gasteiger partial charge in [0.25, 0.3) is 10.0 Å². The van der Waals surface area contributed by atoms with Crippen LogP contribution in [0.4, 0.5) is 22.4 Å². The third-order valence-electron chi connectivity index (χ3n) is 5.13. The Bertz CT molecular complexity index is 1510. The molecule has 7 nitrogen and oxygen atoms in total. The van der Waals surface area contributed by atoms with E-state index in [0.717, 1.165) is 23.8 Å². The highest BCUT2D eigenvalue weighted by Gasteiger charge is 2.32. The number of pyridine rings is 1. The van der Waals surface area contributed by atoms with Crippen molar-refractivity contribution < 1.29 is 35.9 Å². The number of rotatable bonds is 4. The average Bonchev–Trinajstić information content (AvgIpc) is 3.17. The van der Waals surface area contributed by atoms with Crippen molar-refractivity contribution in [3.63, 3.8) is 0 Å². The number of amides is 1. The Labute approximate surface area is 190 Å². The van der Waals surface area contributed by atoms with Gasteiger partial charge in [0.1, 0.15) is 11.5 Å². The van der Waals surface area contributed by atoms with Gasteiger partial charge < -0.3 is 5.11 Å². The summed E-state index contributed by atoms with van der Waals surface area (Å²) in [4.78, 5) is 10.8. The normalized spacial score (nSPS) is 12.1. The molecule has 0 unspecified atom stereocenters. The Balaban J connectivity index is 1.92. The molecule has 0 radical (unpaired) electrons. The lowest BCUT2D eigenvalue weighted by molar-refractivity contribution is -0.137. The second kappa shape index (κ2) is 8.13. The van der Waals surface area contributed by atoms with Gasteiger partial charge in [-0.2, -0.15) is 18.3 Å². The number of hydrogen-bond acceptors (Lipinski definition) is 4. The highest BCUT2D eigenvalue weighted by Crippen LogP contribution is 2.37. The maximum atomic E-state index is 13.9. The number of aromatic nitrogens is 2. The van der Waals surface area contributed by atoms with Crippen LogP contribution < -0.4 is 0 Å². The van der Waals surface area contributed by atoms with Crippen LogP contribution in [-0.2, 0) is 16.2 Å². The minimum absolute atomic E-state index is 0.161. The molecule has 2 aromatic heterocycles. The van der Waals surface area contributed by atoms with Gasteiger partial charge in [0.05, 0.1) is 16.0 Å². The molecule has 0 aliphatic rings. The summed E-state index contributed by atoms with van der Waals surface area (Å²) in [5.41, 5.74) is 0.538. The molecule has 4 aromatic rings. The first kappa shape index (κ1) is 23.2. The molecule has 0 atom stereocenters. The van der Waals surface area contributed by atoms with Gasteiger partial charge in [0, 0.05) is 24.4 Å². The molecule has 0 fully saturated rings. The number of nitrogens with zero attached hydrogens (tertiary/aromatic N) is 3. The summed E-state index contributed by atoms with van der Waals surface area (Å²) in [6.07, 6.45) is -5.46. The topological polar surface area (TPSA) is 92.0 Å². The Kier molecular flexibility index (Phi) is 5.56. The van der Waals surface area contributed by atoms with Crippen molar-refractivity contribution in [2.75, 3.05) is 7.05 Å². The van der Waals surface area contributed by atoms with Gasteiger partial charge in [0.15, 0.2) is 0 Å². The van der Waals surface area contributed by atoms with Gasteiger partial charge in [-0.1, -0.05) is 24.3 Å². The Morgan fingerprint density at radius 1 is 1.03 bits per heavy atom. The molecule has 0 saturated carbocycles. The third kappa shape index (κ3) is 4.07. The fourth-order valence-corrected chi connectivity index (χ4v) is 4.40. The molecule has 176 valence electrons. The number of hydrogen-bond donors (Lipinski definition) is 1. The highest BCUT2D eigenvalue weighted by atomic mass is 32.2. The first-order valence-electron chi connectivity index (χ1n) is 9.57. The first-order valence-corrected chi connectivity index (χ1v) is 11.0. The number of halogens is 4. The van der Waals surface area contributed by atoms with Crippen molar-refractivity contribution in [2.45, 2.75) is 11.1 Å². The number of alkyl halides is 3. The Hall–Kier alpha value is -3.93. The van der Waals surface area contributed by atoms with Gasteiger partial charge in [-0.25, -0.2) is 26.4 Å². The largest absolute Gasteiger partial charge is 0.464 e. The van der Waals surface area contributed by atoms with Crippen molar-refractivity contribution >= 4 is 21.6 Å². The van der Waals surface area contributed by atoms with E-state index in [1.54, 1.807) is 6.07 Å². The lowest BCUT2D eigenvalue weighted by Gasteiger charge is -2.14. The molecule has 0 spiro atoms. The quantitative estimate of drug-likeness (QED) is 0.398. The molecule has 2 aromatic carbocycles. The van der Waals surface area contributed by atoms with Gasteiger partial charge in [-0.15, -0.1) is 0 Å². The molecule has 0 saturated heterocycles. The summed E-state index contributed by atoms with van der Waals surface area (Å²) >= 11 is 0. The van der Waals surface area contributed by atoms with E-state index in [1.165, 1.54) is 48.5 Å². The molecule has 0 bridgehead atoms. The first-order chi connectivity index (χ1) is 15.9. The summed E-state index contributed by atoms with van der Waals surface area (Å²) < 4.78 is 79.5. The minimum atomic E-state index is -4.61. The molecule has 1 amide bonds. The zero-order valence-corrected chi connectivity index (χ0v) is 18.1. The van der Waals surface area contributed by atoms with E-state index < -0.39 is 33.7 Å². The number of fused-ring (bicyclic) bond motifs is 1. The van der Waals surface area contributed by atoms with Crippen LogP contribution in [0.25, 0.3) is 27.9 Å². The third-order valence-corrected chi connectivity index (χ3v) is 6.87. The smallest absolute Gasteiger partial charge is 0.421 e. The fourth-order valence-electron chi connectivity index (χ4n) is 3.39. The molecular weight excluding hydrogens is 478 g/mol.